The van der Waals surface area contributed by atoms with Crippen molar-refractivity contribution in [1.82, 2.24) is 15.1 Å². The number of aromatic nitrogens is 2. The van der Waals surface area contributed by atoms with Crippen LogP contribution in [0.25, 0.3) is 11.3 Å². The van der Waals surface area contributed by atoms with Gasteiger partial charge in [-0.15, -0.1) is 10.2 Å². The fraction of sp³-hybridized carbons (Fsp3) is 0.524. The van der Waals surface area contributed by atoms with Crippen LogP contribution in [0.3, 0.4) is 0 Å². The van der Waals surface area contributed by atoms with Crippen LogP contribution in [-0.4, -0.2) is 52.9 Å². The first-order valence-corrected chi connectivity index (χ1v) is 9.68. The lowest BCUT2D eigenvalue weighted by Crippen LogP contribution is -2.47. The number of likely N-dealkylation sites (N-methyl/N-ethyl adjacent to an activating group) is 1. The molecule has 0 aliphatic carbocycles. The second-order valence-electron chi connectivity index (χ2n) is 7.81. The minimum atomic E-state index is 0.291. The van der Waals surface area contributed by atoms with Crippen molar-refractivity contribution in [3.05, 3.63) is 35.4 Å². The maximum atomic E-state index is 10.4. The topological polar surface area (TPSA) is 52.5 Å². The molecule has 3 heterocycles. The summed E-state index contributed by atoms with van der Waals surface area (Å²) in [6.07, 6.45) is 3.39. The monoisotopic (exact) mass is 352 g/mol. The van der Waals surface area contributed by atoms with Gasteiger partial charge >= 0.3 is 0 Å². The number of benzene rings is 1. The van der Waals surface area contributed by atoms with Crippen molar-refractivity contribution in [2.24, 2.45) is 5.92 Å². The second kappa shape index (κ2) is 6.88. The molecule has 0 bridgehead atoms. The SMILES string of the molecule is CCc1cc(C)cc(O)c1-c1ccc(N2CC[C@@H]3CCN(C)C[C@@H]32)nn1. The molecule has 0 unspecified atom stereocenters. The van der Waals surface area contributed by atoms with Gasteiger partial charge in [0.25, 0.3) is 0 Å². The number of hydrogen-bond acceptors (Lipinski definition) is 5. The Morgan fingerprint density at radius 2 is 1.96 bits per heavy atom. The summed E-state index contributed by atoms with van der Waals surface area (Å²) >= 11 is 0. The molecule has 0 saturated carbocycles. The Kier molecular flexibility index (Phi) is 4.57. The number of anilines is 1. The molecular formula is C21H28N4O. The molecule has 1 aromatic heterocycles. The highest BCUT2D eigenvalue weighted by Gasteiger charge is 2.38. The van der Waals surface area contributed by atoms with Gasteiger partial charge < -0.3 is 14.9 Å². The summed E-state index contributed by atoms with van der Waals surface area (Å²) < 4.78 is 0. The number of nitrogens with zero attached hydrogens (tertiary/aromatic N) is 4. The predicted molar refractivity (Wildman–Crippen MR) is 105 cm³/mol. The number of fused-ring (bicyclic) bond motifs is 1. The van der Waals surface area contributed by atoms with Crippen LogP contribution in [0.1, 0.15) is 30.9 Å². The first-order chi connectivity index (χ1) is 12.6. The first kappa shape index (κ1) is 17.3. The number of likely N-dealkylation sites (tertiary alicyclic amines) is 1. The summed E-state index contributed by atoms with van der Waals surface area (Å²) in [5, 5.41) is 19.5. The Morgan fingerprint density at radius 3 is 2.69 bits per heavy atom. The number of rotatable bonds is 3. The predicted octanol–water partition coefficient (Wildman–Crippen LogP) is 3.25. The summed E-state index contributed by atoms with van der Waals surface area (Å²) in [5.74, 6) is 2.03. The van der Waals surface area contributed by atoms with Crippen molar-refractivity contribution in [2.75, 3.05) is 31.6 Å². The zero-order valence-electron chi connectivity index (χ0n) is 15.9. The second-order valence-corrected chi connectivity index (χ2v) is 7.81. The average Bonchev–Trinajstić information content (AvgIpc) is 3.04. The van der Waals surface area contributed by atoms with Gasteiger partial charge in [-0.1, -0.05) is 13.0 Å². The molecule has 5 heteroatoms. The van der Waals surface area contributed by atoms with Gasteiger partial charge in [0.15, 0.2) is 5.82 Å². The minimum Gasteiger partial charge on any atom is -0.507 e. The molecule has 4 rings (SSSR count). The number of piperidine rings is 1. The smallest absolute Gasteiger partial charge is 0.151 e. The molecule has 5 nitrogen and oxygen atoms in total. The van der Waals surface area contributed by atoms with Crippen molar-refractivity contribution in [3.63, 3.8) is 0 Å². The van der Waals surface area contributed by atoms with E-state index in [1.165, 1.54) is 19.4 Å². The first-order valence-electron chi connectivity index (χ1n) is 9.68. The molecule has 2 fully saturated rings. The summed E-state index contributed by atoms with van der Waals surface area (Å²) in [6, 6.07) is 8.54. The van der Waals surface area contributed by atoms with Crippen LogP contribution >= 0.6 is 0 Å². The summed E-state index contributed by atoms with van der Waals surface area (Å²) in [5.41, 5.74) is 3.74. The third kappa shape index (κ3) is 3.05. The van der Waals surface area contributed by atoms with E-state index in [0.717, 1.165) is 53.6 Å². The van der Waals surface area contributed by atoms with Gasteiger partial charge in [0.2, 0.25) is 0 Å². The maximum Gasteiger partial charge on any atom is 0.151 e. The van der Waals surface area contributed by atoms with E-state index in [-0.39, 0.29) is 0 Å². The highest BCUT2D eigenvalue weighted by Crippen LogP contribution is 2.36. The third-order valence-corrected chi connectivity index (χ3v) is 5.99. The van der Waals surface area contributed by atoms with E-state index in [2.05, 4.69) is 46.1 Å². The summed E-state index contributed by atoms with van der Waals surface area (Å²) in [4.78, 5) is 4.84. The number of phenolic OH excluding ortho intramolecular Hbond substituents is 1. The lowest BCUT2D eigenvalue weighted by atomic mass is 9.92. The molecule has 0 spiro atoms. The van der Waals surface area contributed by atoms with Crippen LogP contribution in [0.15, 0.2) is 24.3 Å². The van der Waals surface area contributed by atoms with Crippen LogP contribution < -0.4 is 4.90 Å². The molecule has 1 N–H and O–H groups in total. The van der Waals surface area contributed by atoms with E-state index in [0.29, 0.717) is 11.8 Å². The average molecular weight is 352 g/mol. The molecule has 2 saturated heterocycles. The fourth-order valence-corrected chi connectivity index (χ4v) is 4.61. The van der Waals surface area contributed by atoms with Gasteiger partial charge in [-0.3, -0.25) is 0 Å². The standard InChI is InChI=1S/C21H28N4O/c1-4-15-11-14(2)12-19(26)21(15)17-5-6-20(23-22-17)25-10-8-16-7-9-24(3)13-18(16)25/h5-6,11-12,16,18,26H,4,7-10,13H2,1-3H3/t16-,18-/m0/s1. The quantitative estimate of drug-likeness (QED) is 0.919. The molecule has 0 amide bonds. The van der Waals surface area contributed by atoms with Crippen molar-refractivity contribution in [3.8, 4) is 17.0 Å². The van der Waals surface area contributed by atoms with Gasteiger partial charge in [0.05, 0.1) is 5.69 Å². The van der Waals surface area contributed by atoms with E-state index < -0.39 is 0 Å². The number of phenols is 1. The van der Waals surface area contributed by atoms with Crippen molar-refractivity contribution in [1.29, 1.82) is 0 Å². The van der Waals surface area contributed by atoms with E-state index in [1.807, 2.05) is 13.0 Å². The van der Waals surface area contributed by atoms with E-state index >= 15 is 0 Å². The van der Waals surface area contributed by atoms with Gasteiger partial charge in [-0.2, -0.15) is 0 Å². The molecule has 138 valence electrons. The highest BCUT2D eigenvalue weighted by molar-refractivity contribution is 5.71. The Bertz CT molecular complexity index is 789. The number of aryl methyl sites for hydroxylation is 2. The molecule has 2 aromatic rings. The van der Waals surface area contributed by atoms with Crippen LogP contribution in [0.2, 0.25) is 0 Å². The van der Waals surface area contributed by atoms with Crippen LogP contribution in [-0.2, 0) is 6.42 Å². The minimum absolute atomic E-state index is 0.291. The molecule has 1 aromatic carbocycles. The zero-order valence-corrected chi connectivity index (χ0v) is 15.9. The summed E-state index contributed by atoms with van der Waals surface area (Å²) in [7, 11) is 2.20. The van der Waals surface area contributed by atoms with Crippen LogP contribution in [0.5, 0.6) is 5.75 Å². The lowest BCUT2D eigenvalue weighted by Gasteiger charge is -2.36. The van der Waals surface area contributed by atoms with Crippen LogP contribution in [0.4, 0.5) is 5.82 Å². The van der Waals surface area contributed by atoms with Gasteiger partial charge in [0, 0.05) is 24.7 Å². The Hall–Kier alpha value is -2.14. The molecule has 2 aliphatic heterocycles. The van der Waals surface area contributed by atoms with E-state index in [1.54, 1.807) is 6.07 Å². The van der Waals surface area contributed by atoms with Crippen molar-refractivity contribution >= 4 is 5.82 Å². The molecule has 2 atom stereocenters. The maximum absolute atomic E-state index is 10.4. The fourth-order valence-electron chi connectivity index (χ4n) is 4.61. The molecule has 0 radical (unpaired) electrons. The lowest BCUT2D eigenvalue weighted by molar-refractivity contribution is 0.207. The number of aromatic hydroxyl groups is 1. The highest BCUT2D eigenvalue weighted by atomic mass is 16.3. The Labute approximate surface area is 155 Å². The summed E-state index contributed by atoms with van der Waals surface area (Å²) in [6.45, 7) is 7.47. The van der Waals surface area contributed by atoms with E-state index in [9.17, 15) is 5.11 Å². The molecule has 26 heavy (non-hydrogen) atoms. The Balaban J connectivity index is 1.62. The number of hydrogen-bond donors (Lipinski definition) is 1. The van der Waals surface area contributed by atoms with Crippen molar-refractivity contribution < 1.29 is 5.11 Å². The normalized spacial score (nSPS) is 23.3. The van der Waals surface area contributed by atoms with Gasteiger partial charge in [0.1, 0.15) is 5.75 Å². The molecule has 2 aliphatic rings. The molecular weight excluding hydrogens is 324 g/mol. The van der Waals surface area contributed by atoms with E-state index in [4.69, 9.17) is 0 Å². The Morgan fingerprint density at radius 1 is 1.15 bits per heavy atom. The van der Waals surface area contributed by atoms with Gasteiger partial charge in [-0.25, -0.2) is 0 Å². The third-order valence-electron chi connectivity index (χ3n) is 5.99. The van der Waals surface area contributed by atoms with Gasteiger partial charge in [-0.05, 0) is 75.0 Å². The zero-order chi connectivity index (χ0) is 18.3. The largest absolute Gasteiger partial charge is 0.507 e. The van der Waals surface area contributed by atoms with Crippen LogP contribution in [0, 0.1) is 12.8 Å². The van der Waals surface area contributed by atoms with Crippen molar-refractivity contribution in [2.45, 2.75) is 39.2 Å².